The van der Waals surface area contributed by atoms with E-state index in [1.165, 1.54) is 11.8 Å². The Morgan fingerprint density at radius 1 is 0.969 bits per heavy atom. The minimum absolute atomic E-state index is 0.102. The lowest BCUT2D eigenvalue weighted by molar-refractivity contribution is 0.0954. The Kier molecular flexibility index (Phi) is 7.02. The molecule has 5 nitrogen and oxygen atoms in total. The highest BCUT2D eigenvalue weighted by molar-refractivity contribution is 7.98. The molecule has 4 rings (SSSR count). The minimum atomic E-state index is -0.150. The maximum absolute atomic E-state index is 13.4. The normalized spacial score (nSPS) is 10.9. The number of benzene rings is 3. The smallest absolute Gasteiger partial charge is 0.262 e. The molecular formula is C26H25N3O2S. The Hall–Kier alpha value is -3.38. The van der Waals surface area contributed by atoms with Crippen LogP contribution in [0.5, 0.6) is 0 Å². The van der Waals surface area contributed by atoms with E-state index in [1.807, 2.05) is 55.5 Å². The maximum Gasteiger partial charge on any atom is 0.262 e. The quantitative estimate of drug-likeness (QED) is 0.311. The van der Waals surface area contributed by atoms with Gasteiger partial charge in [0.25, 0.3) is 11.5 Å². The van der Waals surface area contributed by atoms with Crippen molar-refractivity contribution in [3.8, 4) is 0 Å². The first-order chi connectivity index (χ1) is 15.7. The van der Waals surface area contributed by atoms with Crippen LogP contribution in [0.15, 0.2) is 88.8 Å². The highest BCUT2D eigenvalue weighted by atomic mass is 32.2. The summed E-state index contributed by atoms with van der Waals surface area (Å²) in [6, 6.07) is 25.1. The molecule has 0 saturated carbocycles. The lowest BCUT2D eigenvalue weighted by Crippen LogP contribution is -2.26. The van der Waals surface area contributed by atoms with E-state index in [0.717, 1.165) is 17.5 Å². The van der Waals surface area contributed by atoms with Crippen molar-refractivity contribution in [2.45, 2.75) is 30.8 Å². The van der Waals surface area contributed by atoms with Crippen LogP contribution in [0.1, 0.15) is 34.8 Å². The number of rotatable bonds is 8. The van der Waals surface area contributed by atoms with Crippen molar-refractivity contribution in [3.63, 3.8) is 0 Å². The third kappa shape index (κ3) is 5.08. The average Bonchev–Trinajstić information content (AvgIpc) is 2.84. The summed E-state index contributed by atoms with van der Waals surface area (Å²) in [7, 11) is 0. The van der Waals surface area contributed by atoms with Crippen LogP contribution in [0.2, 0.25) is 0 Å². The number of carbonyl (C=O) groups is 1. The van der Waals surface area contributed by atoms with Crippen LogP contribution in [-0.2, 0) is 12.3 Å². The van der Waals surface area contributed by atoms with Crippen LogP contribution in [0.3, 0.4) is 0 Å². The van der Waals surface area contributed by atoms with E-state index in [1.54, 1.807) is 22.8 Å². The average molecular weight is 444 g/mol. The van der Waals surface area contributed by atoms with Gasteiger partial charge in [-0.1, -0.05) is 79.3 Å². The highest BCUT2D eigenvalue weighted by Crippen LogP contribution is 2.23. The van der Waals surface area contributed by atoms with Gasteiger partial charge in [0.1, 0.15) is 0 Å². The third-order valence-electron chi connectivity index (χ3n) is 5.11. The molecule has 0 spiro atoms. The molecular weight excluding hydrogens is 418 g/mol. The van der Waals surface area contributed by atoms with Crippen LogP contribution in [0, 0.1) is 0 Å². The Bertz CT molecular complexity index is 1270. The van der Waals surface area contributed by atoms with E-state index in [-0.39, 0.29) is 11.5 Å². The monoisotopic (exact) mass is 443 g/mol. The summed E-state index contributed by atoms with van der Waals surface area (Å²) in [6.45, 7) is 3.06. The van der Waals surface area contributed by atoms with Crippen molar-refractivity contribution in [2.24, 2.45) is 0 Å². The topological polar surface area (TPSA) is 64.0 Å². The van der Waals surface area contributed by atoms with Gasteiger partial charge in [0, 0.05) is 17.9 Å². The first-order valence-electron chi connectivity index (χ1n) is 10.7. The first-order valence-corrected chi connectivity index (χ1v) is 11.7. The molecule has 0 aliphatic carbocycles. The van der Waals surface area contributed by atoms with Crippen molar-refractivity contribution in [3.05, 3.63) is 106 Å². The van der Waals surface area contributed by atoms with Gasteiger partial charge < -0.3 is 5.32 Å². The van der Waals surface area contributed by atoms with Gasteiger partial charge >= 0.3 is 0 Å². The zero-order valence-corrected chi connectivity index (χ0v) is 18.8. The van der Waals surface area contributed by atoms with E-state index in [0.29, 0.717) is 40.5 Å². The van der Waals surface area contributed by atoms with Crippen LogP contribution in [0.25, 0.3) is 10.9 Å². The summed E-state index contributed by atoms with van der Waals surface area (Å²) >= 11 is 1.53. The number of aromatic nitrogens is 2. The second-order valence-electron chi connectivity index (χ2n) is 7.53. The van der Waals surface area contributed by atoms with Gasteiger partial charge in [0.15, 0.2) is 5.16 Å². The summed E-state index contributed by atoms with van der Waals surface area (Å²) in [5.74, 6) is 0.548. The zero-order chi connectivity index (χ0) is 22.3. The van der Waals surface area contributed by atoms with Gasteiger partial charge in [-0.05, 0) is 35.7 Å². The van der Waals surface area contributed by atoms with Gasteiger partial charge in [0.05, 0.1) is 17.4 Å². The Labute approximate surface area is 191 Å². The van der Waals surface area contributed by atoms with Gasteiger partial charge in [-0.3, -0.25) is 14.2 Å². The van der Waals surface area contributed by atoms with Crippen molar-refractivity contribution in [1.29, 1.82) is 0 Å². The summed E-state index contributed by atoms with van der Waals surface area (Å²) in [5.41, 5.74) is 3.14. The number of hydrogen-bond donors (Lipinski definition) is 1. The standard InChI is InChI=1S/C26H25N3O2S/c1-2-15-27-24(30)21-13-14-22-23(16-21)28-26(32-18-20-11-7-4-8-12-20)29(25(22)31)17-19-9-5-3-6-10-19/h3-14,16H,2,15,17-18H2,1H3,(H,27,30). The van der Waals surface area contributed by atoms with Crippen molar-refractivity contribution < 1.29 is 4.79 Å². The third-order valence-corrected chi connectivity index (χ3v) is 6.16. The molecule has 1 aromatic heterocycles. The predicted octanol–water partition coefficient (Wildman–Crippen LogP) is 4.88. The Balaban J connectivity index is 1.75. The van der Waals surface area contributed by atoms with E-state index in [4.69, 9.17) is 4.98 Å². The second-order valence-corrected chi connectivity index (χ2v) is 8.48. The van der Waals surface area contributed by atoms with Gasteiger partial charge in [-0.25, -0.2) is 4.98 Å². The number of amides is 1. The van der Waals surface area contributed by atoms with E-state index < -0.39 is 0 Å². The number of nitrogens with one attached hydrogen (secondary N) is 1. The molecule has 162 valence electrons. The van der Waals surface area contributed by atoms with Gasteiger partial charge in [-0.15, -0.1) is 0 Å². The Morgan fingerprint density at radius 3 is 2.34 bits per heavy atom. The second kappa shape index (κ2) is 10.3. The molecule has 1 heterocycles. The van der Waals surface area contributed by atoms with Crippen molar-refractivity contribution in [2.75, 3.05) is 6.54 Å². The van der Waals surface area contributed by atoms with Crippen LogP contribution >= 0.6 is 11.8 Å². The molecule has 3 aromatic carbocycles. The van der Waals surface area contributed by atoms with E-state index in [2.05, 4.69) is 17.4 Å². The number of fused-ring (bicyclic) bond motifs is 1. The van der Waals surface area contributed by atoms with E-state index >= 15 is 0 Å². The number of thioether (sulfide) groups is 1. The maximum atomic E-state index is 13.4. The van der Waals surface area contributed by atoms with Crippen LogP contribution in [0.4, 0.5) is 0 Å². The molecule has 0 radical (unpaired) electrons. The molecule has 6 heteroatoms. The van der Waals surface area contributed by atoms with Crippen molar-refractivity contribution in [1.82, 2.24) is 14.9 Å². The minimum Gasteiger partial charge on any atom is -0.352 e. The molecule has 0 bridgehead atoms. The summed E-state index contributed by atoms with van der Waals surface area (Å²) in [6.07, 6.45) is 0.863. The summed E-state index contributed by atoms with van der Waals surface area (Å²) in [4.78, 5) is 30.7. The molecule has 0 unspecified atom stereocenters. The lowest BCUT2D eigenvalue weighted by atomic mass is 10.1. The molecule has 0 atom stereocenters. The molecule has 0 aliphatic rings. The molecule has 4 aromatic rings. The Morgan fingerprint density at radius 2 is 1.66 bits per heavy atom. The molecule has 1 N–H and O–H groups in total. The molecule has 0 aliphatic heterocycles. The predicted molar refractivity (Wildman–Crippen MR) is 130 cm³/mol. The summed E-state index contributed by atoms with van der Waals surface area (Å²) in [5, 5.41) is 4.03. The largest absolute Gasteiger partial charge is 0.352 e. The van der Waals surface area contributed by atoms with Crippen molar-refractivity contribution >= 4 is 28.6 Å². The molecule has 0 fully saturated rings. The fraction of sp³-hybridized carbons (Fsp3) is 0.192. The van der Waals surface area contributed by atoms with Crippen LogP contribution in [-0.4, -0.2) is 22.0 Å². The SMILES string of the molecule is CCCNC(=O)c1ccc2c(=O)n(Cc3ccccc3)c(SCc3ccccc3)nc2c1. The highest BCUT2D eigenvalue weighted by Gasteiger charge is 2.15. The fourth-order valence-corrected chi connectivity index (χ4v) is 4.37. The number of nitrogens with zero attached hydrogens (tertiary/aromatic N) is 2. The van der Waals surface area contributed by atoms with Crippen LogP contribution < -0.4 is 10.9 Å². The van der Waals surface area contributed by atoms with Gasteiger partial charge in [0.2, 0.25) is 0 Å². The molecule has 0 saturated heterocycles. The lowest BCUT2D eigenvalue weighted by Gasteiger charge is -2.14. The number of hydrogen-bond acceptors (Lipinski definition) is 4. The zero-order valence-electron chi connectivity index (χ0n) is 18.0. The molecule has 1 amide bonds. The fourth-order valence-electron chi connectivity index (χ4n) is 3.42. The summed E-state index contributed by atoms with van der Waals surface area (Å²) < 4.78 is 1.72. The van der Waals surface area contributed by atoms with E-state index in [9.17, 15) is 9.59 Å². The first kappa shape index (κ1) is 21.8. The van der Waals surface area contributed by atoms with Gasteiger partial charge in [-0.2, -0.15) is 0 Å². The number of carbonyl (C=O) groups excluding carboxylic acids is 1. The molecule has 32 heavy (non-hydrogen) atoms.